The Morgan fingerprint density at radius 3 is 2.47 bits per heavy atom. The Bertz CT molecular complexity index is 234. The van der Waals surface area contributed by atoms with Crippen molar-refractivity contribution in [2.45, 2.75) is 12.8 Å². The minimum atomic E-state index is 0.0792. The monoisotopic (exact) mass is 243 g/mol. The van der Waals surface area contributed by atoms with Crippen LogP contribution in [-0.4, -0.2) is 81.3 Å². The van der Waals surface area contributed by atoms with E-state index >= 15 is 0 Å². The van der Waals surface area contributed by atoms with Crippen molar-refractivity contribution in [2.24, 2.45) is 0 Å². The zero-order valence-corrected chi connectivity index (χ0v) is 11.3. The van der Waals surface area contributed by atoms with Gasteiger partial charge in [-0.05, 0) is 26.4 Å². The van der Waals surface area contributed by atoms with Crippen LogP contribution in [0.1, 0.15) is 12.8 Å². The van der Waals surface area contributed by atoms with Crippen molar-refractivity contribution in [1.29, 1.82) is 0 Å². The van der Waals surface area contributed by atoms with Crippen LogP contribution in [0.2, 0.25) is 0 Å². The first-order valence-corrected chi connectivity index (χ1v) is 6.34. The molecule has 0 aromatic rings. The van der Waals surface area contributed by atoms with E-state index in [4.69, 9.17) is 4.74 Å². The maximum atomic E-state index is 11.9. The molecule has 0 bridgehead atoms. The van der Waals surface area contributed by atoms with E-state index in [-0.39, 0.29) is 6.03 Å². The summed E-state index contributed by atoms with van der Waals surface area (Å²) in [6.07, 6.45) is 2.09. The molecule has 100 valence electrons. The zero-order chi connectivity index (χ0) is 12.7. The second-order valence-electron chi connectivity index (χ2n) is 4.79. The molecule has 5 nitrogen and oxygen atoms in total. The summed E-state index contributed by atoms with van der Waals surface area (Å²) >= 11 is 0. The maximum absolute atomic E-state index is 11.9. The van der Waals surface area contributed by atoms with Crippen molar-refractivity contribution in [3.05, 3.63) is 0 Å². The zero-order valence-electron chi connectivity index (χ0n) is 11.3. The lowest BCUT2D eigenvalue weighted by Crippen LogP contribution is -2.42. The summed E-state index contributed by atoms with van der Waals surface area (Å²) in [5.74, 6) is 0. The first-order valence-electron chi connectivity index (χ1n) is 6.34. The number of carbonyl (C=O) groups excluding carboxylic acids is 1. The number of nitrogens with zero attached hydrogens (tertiary/aromatic N) is 3. The Morgan fingerprint density at radius 1 is 1.06 bits per heavy atom. The van der Waals surface area contributed by atoms with E-state index < -0.39 is 0 Å². The van der Waals surface area contributed by atoms with Crippen LogP contribution < -0.4 is 0 Å². The number of carbonyl (C=O) groups is 1. The van der Waals surface area contributed by atoms with Gasteiger partial charge in [-0.2, -0.15) is 0 Å². The van der Waals surface area contributed by atoms with Crippen LogP contribution in [0, 0.1) is 0 Å². The molecular weight excluding hydrogens is 218 g/mol. The lowest BCUT2D eigenvalue weighted by Gasteiger charge is -2.26. The minimum absolute atomic E-state index is 0.0792. The molecule has 1 saturated heterocycles. The molecular formula is C12H25N3O2. The molecule has 0 atom stereocenters. The van der Waals surface area contributed by atoms with Crippen LogP contribution in [0.3, 0.4) is 0 Å². The third kappa shape index (κ3) is 5.37. The molecule has 0 aromatic heterocycles. The molecule has 1 rings (SSSR count). The Kier molecular flexibility index (Phi) is 6.29. The highest BCUT2D eigenvalue weighted by atomic mass is 16.5. The average molecular weight is 243 g/mol. The van der Waals surface area contributed by atoms with Crippen LogP contribution >= 0.6 is 0 Å². The molecule has 17 heavy (non-hydrogen) atoms. The van der Waals surface area contributed by atoms with E-state index in [0.29, 0.717) is 13.2 Å². The third-order valence-corrected chi connectivity index (χ3v) is 2.96. The van der Waals surface area contributed by atoms with Gasteiger partial charge < -0.3 is 19.4 Å². The highest BCUT2D eigenvalue weighted by molar-refractivity contribution is 5.73. The van der Waals surface area contributed by atoms with Crippen LogP contribution in [0.4, 0.5) is 4.79 Å². The van der Waals surface area contributed by atoms with E-state index in [1.54, 1.807) is 19.0 Å². The van der Waals surface area contributed by atoms with Gasteiger partial charge in [0.15, 0.2) is 0 Å². The van der Waals surface area contributed by atoms with Crippen LogP contribution in [0.15, 0.2) is 0 Å². The van der Waals surface area contributed by atoms with Gasteiger partial charge in [-0.1, -0.05) is 0 Å². The van der Waals surface area contributed by atoms with E-state index in [9.17, 15) is 4.79 Å². The Hall–Kier alpha value is -0.810. The molecule has 0 unspecified atom stereocenters. The SMILES string of the molecule is CN1CCCOCCN(C(=O)N(C)C)CCC1. The minimum Gasteiger partial charge on any atom is -0.380 e. The quantitative estimate of drug-likeness (QED) is 0.629. The molecule has 1 heterocycles. The fourth-order valence-electron chi connectivity index (χ4n) is 1.94. The fourth-order valence-corrected chi connectivity index (χ4v) is 1.94. The predicted molar refractivity (Wildman–Crippen MR) is 68.2 cm³/mol. The Labute approximate surface area is 104 Å². The van der Waals surface area contributed by atoms with Gasteiger partial charge in [0.05, 0.1) is 6.61 Å². The Morgan fingerprint density at radius 2 is 1.76 bits per heavy atom. The lowest BCUT2D eigenvalue weighted by molar-refractivity contribution is 0.102. The Balaban J connectivity index is 2.48. The second-order valence-corrected chi connectivity index (χ2v) is 4.79. The summed E-state index contributed by atoms with van der Waals surface area (Å²) in [7, 11) is 5.71. The van der Waals surface area contributed by atoms with Gasteiger partial charge in [0.1, 0.15) is 0 Å². The van der Waals surface area contributed by atoms with Crippen molar-refractivity contribution in [3.8, 4) is 0 Å². The maximum Gasteiger partial charge on any atom is 0.319 e. The molecule has 1 aliphatic rings. The molecule has 0 spiro atoms. The van der Waals surface area contributed by atoms with Crippen molar-refractivity contribution in [2.75, 3.05) is 60.5 Å². The summed E-state index contributed by atoms with van der Waals surface area (Å²) in [5.41, 5.74) is 0. The number of rotatable bonds is 0. The van der Waals surface area contributed by atoms with Crippen molar-refractivity contribution < 1.29 is 9.53 Å². The van der Waals surface area contributed by atoms with Crippen LogP contribution in [0.25, 0.3) is 0 Å². The van der Waals surface area contributed by atoms with Gasteiger partial charge >= 0.3 is 6.03 Å². The standard InChI is InChI=1S/C12H25N3O2/c1-13(2)12(16)15-8-4-6-14(3)7-5-10-17-11-9-15/h4-11H2,1-3H3. The highest BCUT2D eigenvalue weighted by Crippen LogP contribution is 2.01. The molecule has 0 aromatic carbocycles. The number of urea groups is 1. The largest absolute Gasteiger partial charge is 0.380 e. The van der Waals surface area contributed by atoms with Crippen molar-refractivity contribution >= 4 is 6.03 Å². The molecule has 1 aliphatic heterocycles. The predicted octanol–water partition coefficient (Wildman–Crippen LogP) is 0.712. The van der Waals surface area contributed by atoms with Crippen molar-refractivity contribution in [3.63, 3.8) is 0 Å². The molecule has 0 N–H and O–H groups in total. The number of hydrogen-bond donors (Lipinski definition) is 0. The first-order chi connectivity index (χ1) is 8.11. The first kappa shape index (κ1) is 14.3. The topological polar surface area (TPSA) is 36.0 Å². The van der Waals surface area contributed by atoms with Gasteiger partial charge in [-0.15, -0.1) is 0 Å². The third-order valence-electron chi connectivity index (χ3n) is 2.96. The summed E-state index contributed by atoms with van der Waals surface area (Å²) in [6.45, 7) is 5.04. The molecule has 2 amide bonds. The lowest BCUT2D eigenvalue weighted by atomic mass is 10.3. The van der Waals surface area contributed by atoms with E-state index in [0.717, 1.165) is 39.1 Å². The van der Waals surface area contributed by atoms with Crippen LogP contribution in [0.5, 0.6) is 0 Å². The summed E-state index contributed by atoms with van der Waals surface area (Å²) in [4.78, 5) is 17.7. The van der Waals surface area contributed by atoms with Crippen molar-refractivity contribution in [1.82, 2.24) is 14.7 Å². The molecule has 0 aliphatic carbocycles. The second kappa shape index (κ2) is 7.50. The smallest absolute Gasteiger partial charge is 0.319 e. The summed E-state index contributed by atoms with van der Waals surface area (Å²) in [5, 5.41) is 0. The molecule has 0 saturated carbocycles. The number of hydrogen-bond acceptors (Lipinski definition) is 3. The number of amides is 2. The molecule has 1 fully saturated rings. The van der Waals surface area contributed by atoms with E-state index in [1.165, 1.54) is 0 Å². The van der Waals surface area contributed by atoms with Crippen LogP contribution in [-0.2, 0) is 4.74 Å². The average Bonchev–Trinajstić information content (AvgIpc) is 2.33. The van der Waals surface area contributed by atoms with Gasteiger partial charge in [-0.25, -0.2) is 4.79 Å². The normalized spacial score (nSPS) is 20.8. The van der Waals surface area contributed by atoms with Gasteiger partial charge in [0.25, 0.3) is 0 Å². The summed E-state index contributed by atoms with van der Waals surface area (Å²) in [6, 6.07) is 0.0792. The molecule has 0 radical (unpaired) electrons. The van der Waals surface area contributed by atoms with Gasteiger partial charge in [-0.3, -0.25) is 0 Å². The van der Waals surface area contributed by atoms with E-state index in [2.05, 4.69) is 11.9 Å². The molecule has 5 heteroatoms. The van der Waals surface area contributed by atoms with Gasteiger partial charge in [0, 0.05) is 40.3 Å². The summed E-state index contributed by atoms with van der Waals surface area (Å²) < 4.78 is 5.53. The highest BCUT2D eigenvalue weighted by Gasteiger charge is 2.15. The fraction of sp³-hybridized carbons (Fsp3) is 0.917. The van der Waals surface area contributed by atoms with E-state index in [1.807, 2.05) is 4.90 Å². The van der Waals surface area contributed by atoms with Gasteiger partial charge in [0.2, 0.25) is 0 Å². The number of ether oxygens (including phenoxy) is 1.